The van der Waals surface area contributed by atoms with Crippen LogP contribution in [0.15, 0.2) is 46.8 Å². The zero-order valence-corrected chi connectivity index (χ0v) is 16.1. The van der Waals surface area contributed by atoms with Gasteiger partial charge in [-0.15, -0.1) is 10.2 Å². The van der Waals surface area contributed by atoms with Crippen LogP contribution in [0, 0.1) is 5.82 Å². The lowest BCUT2D eigenvalue weighted by atomic mass is 10.3. The Morgan fingerprint density at radius 1 is 1.15 bits per heavy atom. The highest BCUT2D eigenvalue weighted by Gasteiger charge is 2.11. The van der Waals surface area contributed by atoms with E-state index in [1.807, 2.05) is 0 Å². The van der Waals surface area contributed by atoms with Crippen LogP contribution < -0.4 is 10.6 Å². The average Bonchev–Trinajstić information content (AvgIpc) is 3.05. The molecule has 0 spiro atoms. The van der Waals surface area contributed by atoms with Crippen LogP contribution in [0.1, 0.15) is 0 Å². The quantitative estimate of drug-likeness (QED) is 0.510. The van der Waals surface area contributed by atoms with Crippen LogP contribution in [0.25, 0.3) is 0 Å². The van der Waals surface area contributed by atoms with Gasteiger partial charge in [-0.1, -0.05) is 58.4 Å². The molecule has 2 aromatic carbocycles. The molecule has 134 valence electrons. The summed E-state index contributed by atoms with van der Waals surface area (Å²) in [4.78, 5) is 12.0. The summed E-state index contributed by atoms with van der Waals surface area (Å²) in [6.07, 6.45) is 0. The van der Waals surface area contributed by atoms with Crippen LogP contribution in [0.2, 0.25) is 10.0 Å². The Morgan fingerprint density at radius 3 is 2.73 bits per heavy atom. The van der Waals surface area contributed by atoms with E-state index in [-0.39, 0.29) is 17.5 Å². The average molecular weight is 429 g/mol. The van der Waals surface area contributed by atoms with Crippen LogP contribution in [0.4, 0.5) is 20.9 Å². The molecule has 0 unspecified atom stereocenters. The zero-order valence-electron chi connectivity index (χ0n) is 13.0. The Kier molecular flexibility index (Phi) is 6.31. The fourth-order valence-corrected chi connectivity index (χ4v) is 3.92. The van der Waals surface area contributed by atoms with Gasteiger partial charge >= 0.3 is 0 Å². The number of thioether (sulfide) groups is 1. The van der Waals surface area contributed by atoms with Crippen LogP contribution in [0.3, 0.4) is 0 Å². The van der Waals surface area contributed by atoms with E-state index in [4.69, 9.17) is 23.2 Å². The van der Waals surface area contributed by atoms with E-state index < -0.39 is 0 Å². The number of benzene rings is 2. The highest BCUT2D eigenvalue weighted by Crippen LogP contribution is 2.29. The molecule has 26 heavy (non-hydrogen) atoms. The minimum atomic E-state index is -0.379. The highest BCUT2D eigenvalue weighted by molar-refractivity contribution is 8.01. The molecule has 1 aromatic heterocycles. The molecule has 1 heterocycles. The molecule has 2 N–H and O–H groups in total. The van der Waals surface area contributed by atoms with Crippen molar-refractivity contribution >= 4 is 68.7 Å². The lowest BCUT2D eigenvalue weighted by Gasteiger charge is -2.06. The van der Waals surface area contributed by atoms with Crippen molar-refractivity contribution in [2.24, 2.45) is 0 Å². The van der Waals surface area contributed by atoms with Gasteiger partial charge in [0.05, 0.1) is 22.2 Å². The Labute approximate surface area is 166 Å². The van der Waals surface area contributed by atoms with Crippen molar-refractivity contribution < 1.29 is 9.18 Å². The van der Waals surface area contributed by atoms with E-state index >= 15 is 0 Å². The number of para-hydroxylation sites is 1. The number of rotatable bonds is 6. The topological polar surface area (TPSA) is 66.9 Å². The van der Waals surface area contributed by atoms with Gasteiger partial charge in [0.2, 0.25) is 11.0 Å². The van der Waals surface area contributed by atoms with Gasteiger partial charge < -0.3 is 10.6 Å². The molecule has 0 radical (unpaired) electrons. The Morgan fingerprint density at radius 2 is 1.96 bits per heavy atom. The van der Waals surface area contributed by atoms with E-state index in [0.717, 1.165) is 0 Å². The zero-order chi connectivity index (χ0) is 18.5. The van der Waals surface area contributed by atoms with E-state index in [2.05, 4.69) is 20.8 Å². The van der Waals surface area contributed by atoms with Crippen molar-refractivity contribution in [2.75, 3.05) is 16.4 Å². The highest BCUT2D eigenvalue weighted by atomic mass is 35.5. The van der Waals surface area contributed by atoms with Crippen molar-refractivity contribution in [3.8, 4) is 0 Å². The molecule has 10 heteroatoms. The van der Waals surface area contributed by atoms with Crippen LogP contribution in [0.5, 0.6) is 0 Å². The number of carbonyl (C=O) groups excluding carboxylic acids is 1. The largest absolute Gasteiger partial charge is 0.328 e. The van der Waals surface area contributed by atoms with Crippen molar-refractivity contribution in [1.82, 2.24) is 10.2 Å². The minimum Gasteiger partial charge on any atom is -0.328 e. The number of carbonyl (C=O) groups is 1. The predicted molar refractivity (Wildman–Crippen MR) is 105 cm³/mol. The van der Waals surface area contributed by atoms with Gasteiger partial charge in [0.1, 0.15) is 5.82 Å². The fourth-order valence-electron chi connectivity index (χ4n) is 1.90. The lowest BCUT2D eigenvalue weighted by molar-refractivity contribution is -0.113. The molecule has 0 aliphatic heterocycles. The first-order valence-corrected chi connectivity index (χ1v) is 9.80. The summed E-state index contributed by atoms with van der Waals surface area (Å²) < 4.78 is 14.2. The molecule has 0 saturated carbocycles. The summed E-state index contributed by atoms with van der Waals surface area (Å²) in [6.45, 7) is 0. The summed E-state index contributed by atoms with van der Waals surface area (Å²) in [5.74, 6) is -0.484. The molecule has 0 bridgehead atoms. The molecule has 0 fully saturated rings. The summed E-state index contributed by atoms with van der Waals surface area (Å²) in [7, 11) is 0. The summed E-state index contributed by atoms with van der Waals surface area (Å²) >= 11 is 14.3. The summed E-state index contributed by atoms with van der Waals surface area (Å²) in [5.41, 5.74) is 0.802. The van der Waals surface area contributed by atoms with Crippen molar-refractivity contribution in [1.29, 1.82) is 0 Å². The fraction of sp³-hybridized carbons (Fsp3) is 0.0625. The molecule has 0 aliphatic rings. The monoisotopic (exact) mass is 428 g/mol. The van der Waals surface area contributed by atoms with Gasteiger partial charge in [-0.05, 0) is 30.3 Å². The van der Waals surface area contributed by atoms with Gasteiger partial charge in [0.15, 0.2) is 4.34 Å². The third-order valence-electron chi connectivity index (χ3n) is 3.05. The second kappa shape index (κ2) is 8.68. The van der Waals surface area contributed by atoms with Gasteiger partial charge in [-0.25, -0.2) is 4.39 Å². The maximum atomic E-state index is 13.6. The number of aromatic nitrogens is 2. The number of amides is 1. The number of hydrogen-bond acceptors (Lipinski definition) is 6. The molecule has 0 saturated heterocycles. The maximum absolute atomic E-state index is 13.6. The first-order chi connectivity index (χ1) is 12.5. The SMILES string of the molecule is O=C(CSc1nnc(Nc2ccccc2F)s1)Nc1ccc(Cl)cc1Cl. The third kappa shape index (κ3) is 5.07. The number of halogens is 3. The van der Waals surface area contributed by atoms with Gasteiger partial charge in [-0.3, -0.25) is 4.79 Å². The van der Waals surface area contributed by atoms with Gasteiger partial charge in [0, 0.05) is 5.02 Å². The Hall–Kier alpha value is -1.87. The van der Waals surface area contributed by atoms with Crippen LogP contribution >= 0.6 is 46.3 Å². The molecule has 5 nitrogen and oxygen atoms in total. The number of anilines is 3. The maximum Gasteiger partial charge on any atom is 0.234 e. The van der Waals surface area contributed by atoms with E-state index in [1.165, 1.54) is 29.2 Å². The van der Waals surface area contributed by atoms with E-state index in [9.17, 15) is 9.18 Å². The van der Waals surface area contributed by atoms with Crippen molar-refractivity contribution in [3.05, 3.63) is 58.3 Å². The van der Waals surface area contributed by atoms with Crippen LogP contribution in [-0.2, 0) is 4.79 Å². The first-order valence-electron chi connectivity index (χ1n) is 7.24. The normalized spacial score (nSPS) is 10.6. The van der Waals surface area contributed by atoms with Crippen LogP contribution in [-0.4, -0.2) is 21.9 Å². The smallest absolute Gasteiger partial charge is 0.234 e. The molecule has 3 aromatic rings. The second-order valence-electron chi connectivity index (χ2n) is 4.94. The van der Waals surface area contributed by atoms with E-state index in [1.54, 1.807) is 36.4 Å². The number of nitrogens with one attached hydrogen (secondary N) is 2. The standard InChI is InChI=1S/C16H11Cl2FN4OS2/c17-9-5-6-12(10(18)7-9)20-14(24)8-25-16-23-22-15(26-16)21-13-4-2-1-3-11(13)19/h1-7H,8H2,(H,20,24)(H,21,22). The summed E-state index contributed by atoms with van der Waals surface area (Å²) in [5, 5.41) is 14.8. The Balaban J connectivity index is 1.54. The molecule has 1 amide bonds. The number of hydrogen-bond donors (Lipinski definition) is 2. The Bertz CT molecular complexity index is 938. The molecule has 0 atom stereocenters. The lowest BCUT2D eigenvalue weighted by Crippen LogP contribution is -2.14. The van der Waals surface area contributed by atoms with Crippen molar-refractivity contribution in [2.45, 2.75) is 4.34 Å². The van der Waals surface area contributed by atoms with Gasteiger partial charge in [-0.2, -0.15) is 0 Å². The summed E-state index contributed by atoms with van der Waals surface area (Å²) in [6, 6.07) is 11.1. The molecule has 3 rings (SSSR count). The number of nitrogens with zero attached hydrogens (tertiary/aromatic N) is 2. The van der Waals surface area contributed by atoms with E-state index in [0.29, 0.717) is 30.9 Å². The third-order valence-corrected chi connectivity index (χ3v) is 5.57. The molecular formula is C16H11Cl2FN4OS2. The van der Waals surface area contributed by atoms with Crippen molar-refractivity contribution in [3.63, 3.8) is 0 Å². The first kappa shape index (κ1) is 18.9. The molecule has 0 aliphatic carbocycles. The van der Waals surface area contributed by atoms with Gasteiger partial charge in [0.25, 0.3) is 0 Å². The predicted octanol–water partition coefficient (Wildman–Crippen LogP) is 5.46. The minimum absolute atomic E-state index is 0.132. The molecular weight excluding hydrogens is 418 g/mol. The second-order valence-corrected chi connectivity index (χ2v) is 7.98.